The maximum absolute atomic E-state index is 13.7. The third kappa shape index (κ3) is 6.95. The Morgan fingerprint density at radius 1 is 0.800 bits per heavy atom. The first-order chi connectivity index (χ1) is 19.7. The molecule has 0 aliphatic heterocycles. The lowest BCUT2D eigenvalue weighted by molar-refractivity contribution is -0.125. The molecule has 0 radical (unpaired) electrons. The Hall–Kier alpha value is -4.88. The van der Waals surface area contributed by atoms with Crippen molar-refractivity contribution in [2.75, 3.05) is 13.2 Å². The molecule has 1 amide bonds. The fourth-order valence-corrected chi connectivity index (χ4v) is 4.76. The van der Waals surface area contributed by atoms with E-state index in [1.807, 2.05) is 91.0 Å². The van der Waals surface area contributed by atoms with E-state index >= 15 is 0 Å². The molecule has 1 aliphatic rings. The average Bonchev–Trinajstić information content (AvgIpc) is 3.26. The summed E-state index contributed by atoms with van der Waals surface area (Å²) >= 11 is 0. The van der Waals surface area contributed by atoms with Gasteiger partial charge in [0.05, 0.1) is 12.1 Å². The number of amides is 1. The zero-order valence-electron chi connectivity index (χ0n) is 22.0. The van der Waals surface area contributed by atoms with Crippen LogP contribution in [0.3, 0.4) is 0 Å². The molecule has 40 heavy (non-hydrogen) atoms. The van der Waals surface area contributed by atoms with E-state index in [2.05, 4.69) is 44.8 Å². The molecular weight excluding hydrogens is 500 g/mol. The Morgan fingerprint density at radius 3 is 2.02 bits per heavy atom. The summed E-state index contributed by atoms with van der Waals surface area (Å²) in [6, 6.07) is 37.5. The number of hydrogen-bond donors (Lipinski definition) is 1. The maximum atomic E-state index is 13.7. The number of carbonyl (C=O) groups excluding carboxylic acids is 2. The van der Waals surface area contributed by atoms with Crippen molar-refractivity contribution in [3.63, 3.8) is 0 Å². The number of fused-ring (bicyclic) bond motifs is 1. The van der Waals surface area contributed by atoms with E-state index < -0.39 is 11.8 Å². The van der Waals surface area contributed by atoms with E-state index in [-0.39, 0.29) is 18.1 Å². The first-order valence-corrected chi connectivity index (χ1v) is 13.2. The number of ketones is 1. The molecule has 1 unspecified atom stereocenters. The summed E-state index contributed by atoms with van der Waals surface area (Å²) in [6.07, 6.45) is 1.52. The fraction of sp³-hybridized carbons (Fsp3) is 0.152. The molecule has 4 aromatic carbocycles. The van der Waals surface area contributed by atoms with Gasteiger partial charge in [-0.1, -0.05) is 120 Å². The van der Waals surface area contributed by atoms with Crippen molar-refractivity contribution in [1.82, 2.24) is 10.3 Å². The van der Waals surface area contributed by atoms with Gasteiger partial charge in [-0.2, -0.15) is 5.10 Å². The summed E-state index contributed by atoms with van der Waals surface area (Å²) in [5, 5.41) is 8.04. The van der Waals surface area contributed by atoms with Crippen LogP contribution >= 0.6 is 0 Å². The van der Waals surface area contributed by atoms with Crippen LogP contribution in [-0.2, 0) is 27.5 Å². The molecule has 0 aromatic heterocycles. The van der Waals surface area contributed by atoms with Gasteiger partial charge in [0.25, 0.3) is 5.91 Å². The van der Waals surface area contributed by atoms with Crippen LogP contribution in [0.1, 0.15) is 33.7 Å². The number of hydrogen-bond acceptors (Lipinski definition) is 6. The van der Waals surface area contributed by atoms with E-state index in [1.54, 1.807) is 0 Å². The molecule has 0 saturated carbocycles. The fourth-order valence-electron chi connectivity index (χ4n) is 4.76. The predicted octanol–water partition coefficient (Wildman–Crippen LogP) is 4.93. The van der Waals surface area contributed by atoms with Crippen LogP contribution in [0.4, 0.5) is 0 Å². The van der Waals surface area contributed by atoms with Gasteiger partial charge >= 0.3 is 0 Å². The smallest absolute Gasteiger partial charge is 0.280 e. The standard InChI is InChI=1S/C33H30N4O3/c38-31(24-40-34-20-25-12-4-1-5-13-25)35-36-32-29-19-11-10-18-28(29)30(33(32)39)23-37(21-26-14-6-2-7-15-26)22-27-16-8-3-9-17-27/h1-20,30H,21-24H2,(H,35,38). The molecular formula is C33H30N4O3. The van der Waals surface area contributed by atoms with Gasteiger partial charge < -0.3 is 4.84 Å². The van der Waals surface area contributed by atoms with Gasteiger partial charge in [0.2, 0.25) is 0 Å². The van der Waals surface area contributed by atoms with Crippen LogP contribution in [-0.4, -0.2) is 41.7 Å². The maximum Gasteiger partial charge on any atom is 0.280 e. The summed E-state index contributed by atoms with van der Waals surface area (Å²) in [6.45, 7) is 1.60. The first-order valence-electron chi connectivity index (χ1n) is 13.2. The highest BCUT2D eigenvalue weighted by Crippen LogP contribution is 2.32. The largest absolute Gasteiger partial charge is 0.386 e. The van der Waals surface area contributed by atoms with E-state index in [0.717, 1.165) is 16.7 Å². The summed E-state index contributed by atoms with van der Waals surface area (Å²) in [5.74, 6) is -1.01. The van der Waals surface area contributed by atoms with Crippen molar-refractivity contribution >= 4 is 23.6 Å². The molecule has 4 aromatic rings. The minimum Gasteiger partial charge on any atom is -0.386 e. The van der Waals surface area contributed by atoms with Crippen LogP contribution < -0.4 is 5.43 Å². The zero-order chi connectivity index (χ0) is 27.6. The van der Waals surface area contributed by atoms with Crippen LogP contribution in [0.25, 0.3) is 0 Å². The molecule has 0 spiro atoms. The van der Waals surface area contributed by atoms with Gasteiger partial charge in [-0.3, -0.25) is 14.5 Å². The SMILES string of the molecule is O=C(CON=Cc1ccccc1)NN=C1C(=O)C(CN(Cc2ccccc2)Cc2ccccc2)c2ccccc21. The van der Waals surface area contributed by atoms with Gasteiger partial charge in [0.1, 0.15) is 5.71 Å². The number of rotatable bonds is 11. The van der Waals surface area contributed by atoms with Crippen molar-refractivity contribution in [3.8, 4) is 0 Å². The quantitative estimate of drug-likeness (QED) is 0.220. The van der Waals surface area contributed by atoms with Gasteiger partial charge in [0, 0.05) is 25.2 Å². The highest BCUT2D eigenvalue weighted by atomic mass is 16.6. The number of nitrogens with zero attached hydrogens (tertiary/aromatic N) is 3. The van der Waals surface area contributed by atoms with E-state index in [1.165, 1.54) is 17.3 Å². The van der Waals surface area contributed by atoms with Crippen molar-refractivity contribution in [1.29, 1.82) is 0 Å². The summed E-state index contributed by atoms with van der Waals surface area (Å²) in [4.78, 5) is 33.4. The normalized spacial score (nSPS) is 15.5. The Kier molecular flexibility index (Phi) is 8.86. The van der Waals surface area contributed by atoms with Crippen LogP contribution in [0.5, 0.6) is 0 Å². The van der Waals surface area contributed by atoms with Gasteiger partial charge in [0.15, 0.2) is 12.4 Å². The van der Waals surface area contributed by atoms with Crippen LogP contribution in [0.2, 0.25) is 0 Å². The lowest BCUT2D eigenvalue weighted by atomic mass is 9.99. The molecule has 7 heteroatoms. The molecule has 0 fully saturated rings. The Balaban J connectivity index is 1.28. The topological polar surface area (TPSA) is 83.4 Å². The average molecular weight is 531 g/mol. The summed E-state index contributed by atoms with van der Waals surface area (Å²) in [7, 11) is 0. The van der Waals surface area contributed by atoms with Crippen molar-refractivity contribution in [2.45, 2.75) is 19.0 Å². The molecule has 200 valence electrons. The minimum absolute atomic E-state index is 0.115. The molecule has 7 nitrogen and oxygen atoms in total. The monoisotopic (exact) mass is 530 g/mol. The lowest BCUT2D eigenvalue weighted by Crippen LogP contribution is -2.31. The molecule has 0 bridgehead atoms. The van der Waals surface area contributed by atoms with Crippen molar-refractivity contribution in [2.24, 2.45) is 10.3 Å². The first kappa shape index (κ1) is 26.7. The second-order valence-corrected chi connectivity index (χ2v) is 9.56. The highest BCUT2D eigenvalue weighted by Gasteiger charge is 2.37. The minimum atomic E-state index is -0.499. The number of nitrogens with one attached hydrogen (secondary N) is 1. The third-order valence-electron chi connectivity index (χ3n) is 6.64. The van der Waals surface area contributed by atoms with Crippen molar-refractivity contribution in [3.05, 3.63) is 143 Å². The number of carbonyl (C=O) groups is 2. The predicted molar refractivity (Wildman–Crippen MR) is 156 cm³/mol. The highest BCUT2D eigenvalue weighted by molar-refractivity contribution is 6.51. The second-order valence-electron chi connectivity index (χ2n) is 9.56. The molecule has 5 rings (SSSR count). The molecule has 1 aliphatic carbocycles. The van der Waals surface area contributed by atoms with E-state index in [9.17, 15) is 9.59 Å². The Bertz CT molecular complexity index is 1450. The molecule has 0 saturated heterocycles. The second kappa shape index (κ2) is 13.3. The van der Waals surface area contributed by atoms with Crippen molar-refractivity contribution < 1.29 is 14.4 Å². The van der Waals surface area contributed by atoms with Crippen LogP contribution in [0.15, 0.2) is 126 Å². The van der Waals surface area contributed by atoms with Gasteiger partial charge in [-0.05, 0) is 22.3 Å². The van der Waals surface area contributed by atoms with Gasteiger partial charge in [-0.15, -0.1) is 0 Å². The molecule has 0 heterocycles. The molecule has 1 N–H and O–H groups in total. The Labute approximate surface area is 233 Å². The summed E-state index contributed by atoms with van der Waals surface area (Å²) < 4.78 is 0. The number of benzene rings is 4. The number of Topliss-reactive ketones (excluding diaryl/α,β-unsaturated/α-hetero) is 1. The van der Waals surface area contributed by atoms with E-state index in [0.29, 0.717) is 19.6 Å². The number of oxime groups is 1. The summed E-state index contributed by atoms with van der Waals surface area (Å²) in [5.41, 5.74) is 7.57. The zero-order valence-corrected chi connectivity index (χ0v) is 22.0. The molecule has 1 atom stereocenters. The van der Waals surface area contributed by atoms with Crippen LogP contribution in [0, 0.1) is 0 Å². The lowest BCUT2D eigenvalue weighted by Gasteiger charge is -2.25. The van der Waals surface area contributed by atoms with Gasteiger partial charge in [-0.25, -0.2) is 5.43 Å². The third-order valence-corrected chi connectivity index (χ3v) is 6.64. The number of hydrazone groups is 1. The Morgan fingerprint density at radius 2 is 1.38 bits per heavy atom. The van der Waals surface area contributed by atoms with E-state index in [4.69, 9.17) is 4.84 Å².